The fourth-order valence-electron chi connectivity index (χ4n) is 2.00. The summed E-state index contributed by atoms with van der Waals surface area (Å²) in [5.41, 5.74) is -0.590. The lowest BCUT2D eigenvalue weighted by molar-refractivity contribution is -0.141. The van der Waals surface area contributed by atoms with Gasteiger partial charge in [0.1, 0.15) is 17.1 Å². The highest BCUT2D eigenvalue weighted by atomic mass is 19.4. The Kier molecular flexibility index (Phi) is 5.06. The summed E-state index contributed by atoms with van der Waals surface area (Å²) in [6.07, 6.45) is -3.86. The number of carbonyl (C=O) groups is 1. The number of hydrogen-bond acceptors (Lipinski definition) is 4. The summed E-state index contributed by atoms with van der Waals surface area (Å²) in [6, 6.07) is 4.46. The van der Waals surface area contributed by atoms with E-state index in [9.17, 15) is 22.4 Å². The first-order valence-electron chi connectivity index (χ1n) is 7.00. The van der Waals surface area contributed by atoms with Gasteiger partial charge >= 0.3 is 12.1 Å². The predicted molar refractivity (Wildman–Crippen MR) is 79.6 cm³/mol. The maximum Gasteiger partial charge on any atom is 0.433 e. The normalized spacial score (nSPS) is 11.2. The fourth-order valence-corrected chi connectivity index (χ4v) is 2.00. The molecule has 0 spiro atoms. The molecule has 0 aliphatic heterocycles. The molecule has 4 nitrogen and oxygen atoms in total. The van der Waals surface area contributed by atoms with Gasteiger partial charge in [-0.25, -0.2) is 9.18 Å². The van der Waals surface area contributed by atoms with Gasteiger partial charge < -0.3 is 10.1 Å². The summed E-state index contributed by atoms with van der Waals surface area (Å²) in [7, 11) is 0. The van der Waals surface area contributed by atoms with Crippen molar-refractivity contribution in [2.45, 2.75) is 20.0 Å². The average molecular weight is 342 g/mol. The molecule has 0 atom stereocenters. The molecule has 0 amide bonds. The summed E-state index contributed by atoms with van der Waals surface area (Å²) in [5.74, 6) is -1.28. The van der Waals surface area contributed by atoms with Gasteiger partial charge in [0.05, 0.1) is 12.3 Å². The van der Waals surface area contributed by atoms with E-state index >= 15 is 0 Å². The number of nitrogens with zero attached hydrogens (tertiary/aromatic N) is 1. The topological polar surface area (TPSA) is 51.2 Å². The van der Waals surface area contributed by atoms with E-state index in [1.54, 1.807) is 13.8 Å². The third-order valence-corrected chi connectivity index (χ3v) is 3.15. The number of rotatable bonds is 4. The number of pyridine rings is 1. The summed E-state index contributed by atoms with van der Waals surface area (Å²) in [5, 5.41) is 2.71. The van der Waals surface area contributed by atoms with Crippen LogP contribution in [0.1, 0.15) is 28.5 Å². The van der Waals surface area contributed by atoms with Crippen LogP contribution in [0.25, 0.3) is 0 Å². The molecule has 0 bridgehead atoms. The molecule has 0 saturated heterocycles. The van der Waals surface area contributed by atoms with Crippen molar-refractivity contribution < 1.29 is 27.1 Å². The molecule has 0 fully saturated rings. The highest BCUT2D eigenvalue weighted by molar-refractivity contribution is 5.96. The monoisotopic (exact) mass is 342 g/mol. The van der Waals surface area contributed by atoms with Gasteiger partial charge in [-0.05, 0) is 43.7 Å². The van der Waals surface area contributed by atoms with Gasteiger partial charge in [-0.15, -0.1) is 0 Å². The van der Waals surface area contributed by atoms with Crippen molar-refractivity contribution in [1.29, 1.82) is 0 Å². The van der Waals surface area contributed by atoms with Crippen LogP contribution in [0.2, 0.25) is 0 Å². The van der Waals surface area contributed by atoms with Crippen LogP contribution in [0.4, 0.5) is 28.9 Å². The fraction of sp³-hybridized carbons (Fsp3) is 0.250. The Hall–Kier alpha value is -2.64. The van der Waals surface area contributed by atoms with Crippen LogP contribution < -0.4 is 5.32 Å². The zero-order chi connectivity index (χ0) is 17.9. The largest absolute Gasteiger partial charge is 0.462 e. The second kappa shape index (κ2) is 6.86. The molecule has 8 heteroatoms. The van der Waals surface area contributed by atoms with E-state index in [0.29, 0.717) is 11.3 Å². The lowest BCUT2D eigenvalue weighted by atomic mass is 10.1. The molecule has 0 radical (unpaired) electrons. The van der Waals surface area contributed by atoms with Crippen LogP contribution in [0, 0.1) is 12.7 Å². The van der Waals surface area contributed by atoms with Crippen LogP contribution in [0.15, 0.2) is 30.5 Å². The molecule has 128 valence electrons. The van der Waals surface area contributed by atoms with Gasteiger partial charge in [0.15, 0.2) is 0 Å². The minimum Gasteiger partial charge on any atom is -0.462 e. The Labute approximate surface area is 135 Å². The summed E-state index contributed by atoms with van der Waals surface area (Å²) in [4.78, 5) is 15.2. The van der Waals surface area contributed by atoms with E-state index in [0.717, 1.165) is 18.3 Å². The summed E-state index contributed by atoms with van der Waals surface area (Å²) < 4.78 is 56.6. The first-order chi connectivity index (χ1) is 11.2. The highest BCUT2D eigenvalue weighted by Crippen LogP contribution is 2.32. The number of benzene rings is 1. The quantitative estimate of drug-likeness (QED) is 0.658. The molecule has 2 rings (SSSR count). The van der Waals surface area contributed by atoms with Gasteiger partial charge in [0.2, 0.25) is 0 Å². The van der Waals surface area contributed by atoms with Crippen LogP contribution >= 0.6 is 0 Å². The van der Waals surface area contributed by atoms with Crippen LogP contribution in [0.3, 0.4) is 0 Å². The van der Waals surface area contributed by atoms with Crippen molar-refractivity contribution in [3.63, 3.8) is 0 Å². The Morgan fingerprint density at radius 3 is 2.54 bits per heavy atom. The molecule has 0 unspecified atom stereocenters. The summed E-state index contributed by atoms with van der Waals surface area (Å²) in [6.45, 7) is 3.23. The maximum atomic E-state index is 13.2. The van der Waals surface area contributed by atoms with Crippen molar-refractivity contribution in [2.75, 3.05) is 11.9 Å². The van der Waals surface area contributed by atoms with Crippen molar-refractivity contribution in [1.82, 2.24) is 4.98 Å². The number of carbonyl (C=O) groups excluding carboxylic acids is 1. The number of alkyl halides is 3. The Balaban J connectivity index is 2.48. The van der Waals surface area contributed by atoms with Crippen LogP contribution in [-0.4, -0.2) is 17.6 Å². The molecule has 1 aromatic carbocycles. The van der Waals surface area contributed by atoms with Crippen molar-refractivity contribution in [3.8, 4) is 0 Å². The van der Waals surface area contributed by atoms with Gasteiger partial charge in [0, 0.05) is 11.9 Å². The predicted octanol–water partition coefficient (Wildman–Crippen LogP) is 4.47. The van der Waals surface area contributed by atoms with Crippen molar-refractivity contribution in [3.05, 3.63) is 53.1 Å². The van der Waals surface area contributed by atoms with E-state index in [1.165, 1.54) is 12.1 Å². The first kappa shape index (κ1) is 17.7. The lowest BCUT2D eigenvalue weighted by Crippen LogP contribution is -2.13. The molecule has 0 aliphatic carbocycles. The molecule has 1 heterocycles. The second-order valence-electron chi connectivity index (χ2n) is 4.92. The molecule has 0 aliphatic rings. The number of nitrogens with one attached hydrogen (secondary N) is 1. The highest BCUT2D eigenvalue weighted by Gasteiger charge is 2.33. The lowest BCUT2D eigenvalue weighted by Gasteiger charge is -2.15. The number of aromatic nitrogens is 1. The van der Waals surface area contributed by atoms with Crippen LogP contribution in [0.5, 0.6) is 0 Å². The zero-order valence-corrected chi connectivity index (χ0v) is 12.9. The molecular weight excluding hydrogens is 328 g/mol. The second-order valence-corrected chi connectivity index (χ2v) is 4.92. The number of aryl methyl sites for hydroxylation is 1. The van der Waals surface area contributed by atoms with Crippen molar-refractivity contribution >= 4 is 17.3 Å². The third-order valence-electron chi connectivity index (χ3n) is 3.15. The third kappa shape index (κ3) is 4.01. The van der Waals surface area contributed by atoms with Gasteiger partial charge in [-0.3, -0.25) is 4.98 Å². The minimum absolute atomic E-state index is 0.0644. The molecule has 2 aromatic rings. The van der Waals surface area contributed by atoms with E-state index in [1.807, 2.05) is 0 Å². The Morgan fingerprint density at radius 1 is 1.25 bits per heavy atom. The number of ether oxygens (including phenoxy) is 1. The van der Waals surface area contributed by atoms with E-state index in [2.05, 4.69) is 10.3 Å². The summed E-state index contributed by atoms with van der Waals surface area (Å²) >= 11 is 0. The number of esters is 1. The van der Waals surface area contributed by atoms with Crippen molar-refractivity contribution in [2.24, 2.45) is 0 Å². The molecule has 1 aromatic heterocycles. The standard InChI is InChI=1S/C16H14F4N2O2/c1-3-24-15(23)11-8-21-14(16(18,19)20)7-13(11)22-12-5-4-10(17)6-9(12)2/h4-8H,3H2,1-2H3,(H,21,22). The molecule has 24 heavy (non-hydrogen) atoms. The smallest absolute Gasteiger partial charge is 0.433 e. The number of anilines is 2. The maximum absolute atomic E-state index is 13.2. The number of hydrogen-bond donors (Lipinski definition) is 1. The number of halogens is 4. The van der Waals surface area contributed by atoms with Gasteiger partial charge in [-0.2, -0.15) is 13.2 Å². The molecule has 1 N–H and O–H groups in total. The van der Waals surface area contributed by atoms with Crippen LogP contribution in [-0.2, 0) is 10.9 Å². The van der Waals surface area contributed by atoms with E-state index in [-0.39, 0.29) is 17.9 Å². The average Bonchev–Trinajstić information content (AvgIpc) is 2.49. The Morgan fingerprint density at radius 2 is 1.96 bits per heavy atom. The minimum atomic E-state index is -4.67. The zero-order valence-electron chi connectivity index (χ0n) is 12.9. The first-order valence-corrected chi connectivity index (χ1v) is 7.00. The van der Waals surface area contributed by atoms with E-state index < -0.39 is 23.7 Å². The van der Waals surface area contributed by atoms with E-state index in [4.69, 9.17) is 4.74 Å². The SMILES string of the molecule is CCOC(=O)c1cnc(C(F)(F)F)cc1Nc1ccc(F)cc1C. The molecule has 0 saturated carbocycles. The van der Waals surface area contributed by atoms with Gasteiger partial charge in [-0.1, -0.05) is 0 Å². The van der Waals surface area contributed by atoms with Gasteiger partial charge in [0.25, 0.3) is 0 Å². The molecular formula is C16H14F4N2O2. The Bertz CT molecular complexity index is 760.